The van der Waals surface area contributed by atoms with E-state index in [-0.39, 0.29) is 11.7 Å². The Morgan fingerprint density at radius 3 is 2.62 bits per heavy atom. The van der Waals surface area contributed by atoms with Crippen LogP contribution >= 0.6 is 11.8 Å². The van der Waals surface area contributed by atoms with Gasteiger partial charge >= 0.3 is 0 Å². The third kappa shape index (κ3) is 5.02. The SMILES string of the molecule is CC(C)NC(C)(CCSc1ccccc1[N+](=O)[O-])C(N)=O. The Labute approximate surface area is 128 Å². The van der Waals surface area contributed by atoms with Crippen molar-refractivity contribution in [2.75, 3.05) is 5.75 Å². The smallest absolute Gasteiger partial charge is 0.282 e. The molecule has 0 aliphatic heterocycles. The van der Waals surface area contributed by atoms with Crippen molar-refractivity contribution in [3.05, 3.63) is 34.4 Å². The summed E-state index contributed by atoms with van der Waals surface area (Å²) in [5.41, 5.74) is 4.73. The highest BCUT2D eigenvalue weighted by molar-refractivity contribution is 7.99. The summed E-state index contributed by atoms with van der Waals surface area (Å²) >= 11 is 1.36. The summed E-state index contributed by atoms with van der Waals surface area (Å²) in [5.74, 6) is 0.142. The molecule has 0 spiro atoms. The molecule has 7 heteroatoms. The molecule has 1 rings (SSSR count). The molecular weight excluding hydrogens is 290 g/mol. The van der Waals surface area contributed by atoms with Crippen molar-refractivity contribution < 1.29 is 9.72 Å². The molecule has 1 aromatic rings. The predicted octanol–water partition coefficient (Wildman–Crippen LogP) is 2.32. The van der Waals surface area contributed by atoms with Gasteiger partial charge in [0.2, 0.25) is 5.91 Å². The molecule has 6 nitrogen and oxygen atoms in total. The molecule has 1 aromatic carbocycles. The molecule has 0 fully saturated rings. The number of thioether (sulfide) groups is 1. The minimum absolute atomic E-state index is 0.0834. The first-order valence-electron chi connectivity index (χ1n) is 6.70. The van der Waals surface area contributed by atoms with Crippen molar-refractivity contribution in [1.29, 1.82) is 0 Å². The van der Waals surface area contributed by atoms with Crippen LogP contribution in [0, 0.1) is 10.1 Å². The lowest BCUT2D eigenvalue weighted by Gasteiger charge is -2.29. The zero-order chi connectivity index (χ0) is 16.0. The maximum absolute atomic E-state index is 11.6. The van der Waals surface area contributed by atoms with E-state index in [4.69, 9.17) is 5.73 Å². The number of nitrogens with one attached hydrogen (secondary N) is 1. The summed E-state index contributed by atoms with van der Waals surface area (Å²) in [7, 11) is 0. The molecule has 116 valence electrons. The van der Waals surface area contributed by atoms with Gasteiger partial charge in [0, 0.05) is 17.9 Å². The lowest BCUT2D eigenvalue weighted by molar-refractivity contribution is -0.387. The van der Waals surface area contributed by atoms with Gasteiger partial charge in [0.25, 0.3) is 5.69 Å². The van der Waals surface area contributed by atoms with Crippen molar-refractivity contribution in [3.8, 4) is 0 Å². The number of nitrogens with two attached hydrogens (primary N) is 1. The van der Waals surface area contributed by atoms with Gasteiger partial charge in [-0.3, -0.25) is 14.9 Å². The van der Waals surface area contributed by atoms with Crippen molar-refractivity contribution >= 4 is 23.4 Å². The molecule has 0 bridgehead atoms. The Morgan fingerprint density at radius 1 is 1.48 bits per heavy atom. The lowest BCUT2D eigenvalue weighted by atomic mass is 9.97. The predicted molar refractivity (Wildman–Crippen MR) is 84.3 cm³/mol. The van der Waals surface area contributed by atoms with Crippen molar-refractivity contribution in [2.45, 2.75) is 43.7 Å². The monoisotopic (exact) mass is 311 g/mol. The Bertz CT molecular complexity index is 522. The van der Waals surface area contributed by atoms with Gasteiger partial charge < -0.3 is 11.1 Å². The number of nitro groups is 1. The number of hydrogen-bond acceptors (Lipinski definition) is 5. The van der Waals surface area contributed by atoms with E-state index in [1.165, 1.54) is 17.8 Å². The molecular formula is C14H21N3O3S. The van der Waals surface area contributed by atoms with Crippen LogP contribution in [0.2, 0.25) is 0 Å². The molecule has 3 N–H and O–H groups in total. The quantitative estimate of drug-likeness (QED) is 0.436. The van der Waals surface area contributed by atoms with Crippen LogP contribution < -0.4 is 11.1 Å². The van der Waals surface area contributed by atoms with E-state index in [0.717, 1.165) is 0 Å². The largest absolute Gasteiger partial charge is 0.368 e. The topological polar surface area (TPSA) is 98.3 Å². The number of benzene rings is 1. The van der Waals surface area contributed by atoms with Crippen LogP contribution in [0.15, 0.2) is 29.2 Å². The van der Waals surface area contributed by atoms with Gasteiger partial charge in [-0.1, -0.05) is 12.1 Å². The zero-order valence-electron chi connectivity index (χ0n) is 12.5. The van der Waals surface area contributed by atoms with E-state index in [9.17, 15) is 14.9 Å². The zero-order valence-corrected chi connectivity index (χ0v) is 13.3. The van der Waals surface area contributed by atoms with Crippen LogP contribution in [-0.2, 0) is 4.79 Å². The molecule has 21 heavy (non-hydrogen) atoms. The van der Waals surface area contributed by atoms with Crippen LogP contribution in [0.1, 0.15) is 27.2 Å². The fraction of sp³-hybridized carbons (Fsp3) is 0.500. The van der Waals surface area contributed by atoms with Gasteiger partial charge in [0.05, 0.1) is 15.4 Å². The van der Waals surface area contributed by atoms with E-state index in [2.05, 4.69) is 5.32 Å². The number of carbonyl (C=O) groups is 1. The molecule has 1 unspecified atom stereocenters. The van der Waals surface area contributed by atoms with E-state index in [0.29, 0.717) is 17.1 Å². The number of hydrogen-bond donors (Lipinski definition) is 2. The van der Waals surface area contributed by atoms with Crippen molar-refractivity contribution in [1.82, 2.24) is 5.32 Å². The maximum atomic E-state index is 11.6. The fourth-order valence-electron chi connectivity index (χ4n) is 2.00. The standard InChI is InChI=1S/C14H21N3O3S/c1-10(2)16-14(3,13(15)18)8-9-21-12-7-5-4-6-11(12)17(19)20/h4-7,10,16H,8-9H2,1-3H3,(H2,15,18). The highest BCUT2D eigenvalue weighted by Gasteiger charge is 2.31. The Hall–Kier alpha value is -1.60. The Balaban J connectivity index is 2.71. The van der Waals surface area contributed by atoms with Gasteiger partial charge in [-0.05, 0) is 33.3 Å². The molecule has 1 atom stereocenters. The lowest BCUT2D eigenvalue weighted by Crippen LogP contribution is -2.55. The second-order valence-electron chi connectivity index (χ2n) is 5.32. The average Bonchev–Trinajstić information content (AvgIpc) is 2.38. The van der Waals surface area contributed by atoms with Gasteiger partial charge in [-0.15, -0.1) is 11.8 Å². The summed E-state index contributed by atoms with van der Waals surface area (Å²) < 4.78 is 0. The van der Waals surface area contributed by atoms with E-state index >= 15 is 0 Å². The van der Waals surface area contributed by atoms with Gasteiger partial charge in [-0.2, -0.15) is 0 Å². The Morgan fingerprint density at radius 2 is 2.10 bits per heavy atom. The van der Waals surface area contributed by atoms with E-state index in [1.54, 1.807) is 25.1 Å². The third-order valence-electron chi connectivity index (χ3n) is 3.07. The van der Waals surface area contributed by atoms with E-state index in [1.807, 2.05) is 13.8 Å². The molecule has 0 saturated carbocycles. The molecule has 1 amide bonds. The van der Waals surface area contributed by atoms with Crippen molar-refractivity contribution in [2.24, 2.45) is 5.73 Å². The van der Waals surface area contributed by atoms with Gasteiger partial charge in [-0.25, -0.2) is 0 Å². The summed E-state index contributed by atoms with van der Waals surface area (Å²) in [6.07, 6.45) is 0.497. The highest BCUT2D eigenvalue weighted by atomic mass is 32.2. The first-order chi connectivity index (χ1) is 9.76. The fourth-order valence-corrected chi connectivity index (χ4v) is 3.19. The number of rotatable bonds is 8. The van der Waals surface area contributed by atoms with Crippen LogP contribution in [0.4, 0.5) is 5.69 Å². The first kappa shape index (κ1) is 17.5. The summed E-state index contributed by atoms with van der Waals surface area (Å²) in [6, 6.07) is 6.70. The molecule has 0 aromatic heterocycles. The summed E-state index contributed by atoms with van der Waals surface area (Å²) in [6.45, 7) is 5.64. The number of primary amides is 1. The van der Waals surface area contributed by atoms with Crippen molar-refractivity contribution in [3.63, 3.8) is 0 Å². The number of para-hydroxylation sites is 1. The van der Waals surface area contributed by atoms with E-state index < -0.39 is 16.4 Å². The van der Waals surface area contributed by atoms with Crippen LogP contribution in [0.25, 0.3) is 0 Å². The summed E-state index contributed by atoms with van der Waals surface area (Å²) in [5, 5.41) is 14.1. The summed E-state index contributed by atoms with van der Waals surface area (Å²) in [4.78, 5) is 22.8. The van der Waals surface area contributed by atoms with Crippen LogP contribution in [-0.4, -0.2) is 28.2 Å². The Kier molecular flexibility index (Phi) is 6.17. The highest BCUT2D eigenvalue weighted by Crippen LogP contribution is 2.30. The first-order valence-corrected chi connectivity index (χ1v) is 7.68. The molecule has 0 aliphatic rings. The normalized spacial score (nSPS) is 13.9. The molecule has 0 saturated heterocycles. The number of carbonyl (C=O) groups excluding carboxylic acids is 1. The van der Waals surface area contributed by atoms with Gasteiger partial charge in [0.15, 0.2) is 0 Å². The van der Waals surface area contributed by atoms with Crippen LogP contribution in [0.5, 0.6) is 0 Å². The second-order valence-corrected chi connectivity index (χ2v) is 6.46. The maximum Gasteiger partial charge on any atom is 0.282 e. The number of nitrogens with zero attached hydrogens (tertiary/aromatic N) is 1. The van der Waals surface area contributed by atoms with Crippen LogP contribution in [0.3, 0.4) is 0 Å². The minimum atomic E-state index is -0.815. The van der Waals surface area contributed by atoms with Gasteiger partial charge in [0.1, 0.15) is 0 Å². The molecule has 0 heterocycles. The number of amides is 1. The molecule has 0 aliphatic carbocycles. The molecule has 0 radical (unpaired) electrons. The second kappa shape index (κ2) is 7.42. The number of nitro benzene ring substituents is 1. The third-order valence-corrected chi connectivity index (χ3v) is 4.14. The average molecular weight is 311 g/mol. The minimum Gasteiger partial charge on any atom is -0.368 e.